The molecule has 1 unspecified atom stereocenters. The number of piperidine rings is 1. The van der Waals surface area contributed by atoms with Gasteiger partial charge in [0.25, 0.3) is 23.6 Å². The maximum Gasteiger partial charge on any atom is 0.276 e. The van der Waals surface area contributed by atoms with E-state index in [1.165, 1.54) is 18.2 Å². The van der Waals surface area contributed by atoms with Gasteiger partial charge in [-0.15, -0.1) is 0 Å². The fraction of sp³-hybridized carbons (Fsp3) is 0.324. The topological polar surface area (TPSA) is 230 Å². The van der Waals surface area contributed by atoms with E-state index in [0.717, 1.165) is 4.90 Å². The number of imidazole rings is 1. The van der Waals surface area contributed by atoms with Gasteiger partial charge in [0.2, 0.25) is 23.7 Å². The Bertz CT molecular complexity index is 2120. The SMILES string of the molecule is CCn1nc(C)cc1C(=O)Nc1nc2cc(C(N)=O)ccc2n1CCCCNC(=O)COc1cccc2c1C(=O)N(C1CCC(=O)NC1=O)C2=O. The molecule has 0 aliphatic carbocycles. The van der Waals surface area contributed by atoms with Gasteiger partial charge >= 0.3 is 0 Å². The van der Waals surface area contributed by atoms with Crippen LogP contribution in [0.5, 0.6) is 5.75 Å². The number of amides is 7. The fourth-order valence-electron chi connectivity index (χ4n) is 6.16. The molecule has 0 bridgehead atoms. The summed E-state index contributed by atoms with van der Waals surface area (Å²) in [5.74, 6) is -3.78. The minimum Gasteiger partial charge on any atom is -0.483 e. The summed E-state index contributed by atoms with van der Waals surface area (Å²) in [5.41, 5.74) is 7.95. The number of hydrogen-bond donors (Lipinski definition) is 4. The number of hydrogen-bond acceptors (Lipinski definition) is 10. The Morgan fingerprint density at radius 2 is 1.86 bits per heavy atom. The molecule has 0 saturated carbocycles. The van der Waals surface area contributed by atoms with Crippen LogP contribution in [0.3, 0.4) is 0 Å². The number of fused-ring (bicyclic) bond motifs is 2. The monoisotopic (exact) mass is 697 g/mol. The second-order valence-electron chi connectivity index (χ2n) is 12.1. The van der Waals surface area contributed by atoms with Crippen molar-refractivity contribution < 1.29 is 38.3 Å². The van der Waals surface area contributed by atoms with Crippen LogP contribution in [0.15, 0.2) is 42.5 Å². The van der Waals surface area contributed by atoms with Crippen molar-refractivity contribution in [1.82, 2.24) is 34.9 Å². The number of unbranched alkanes of at least 4 members (excludes halogenated alkanes) is 1. The molecule has 7 amide bonds. The van der Waals surface area contributed by atoms with E-state index in [9.17, 15) is 33.6 Å². The summed E-state index contributed by atoms with van der Waals surface area (Å²) in [6, 6.07) is 9.82. The van der Waals surface area contributed by atoms with Crippen molar-refractivity contribution in [2.75, 3.05) is 18.5 Å². The number of carbonyl (C=O) groups excluding carboxylic acids is 7. The molecule has 0 radical (unpaired) electrons. The number of ether oxygens (including phenoxy) is 1. The Labute approximate surface area is 290 Å². The van der Waals surface area contributed by atoms with Gasteiger partial charge < -0.3 is 20.4 Å². The maximum atomic E-state index is 13.3. The van der Waals surface area contributed by atoms with Crippen LogP contribution in [0.2, 0.25) is 0 Å². The second kappa shape index (κ2) is 14.2. The highest BCUT2D eigenvalue weighted by Gasteiger charge is 2.46. The maximum absolute atomic E-state index is 13.3. The summed E-state index contributed by atoms with van der Waals surface area (Å²) in [7, 11) is 0. The third-order valence-electron chi connectivity index (χ3n) is 8.61. The molecule has 2 aromatic carbocycles. The fourth-order valence-corrected chi connectivity index (χ4v) is 6.16. The zero-order valence-electron chi connectivity index (χ0n) is 27.9. The number of carbonyl (C=O) groups is 7. The molecule has 1 fully saturated rings. The third kappa shape index (κ3) is 6.90. The zero-order valence-corrected chi connectivity index (χ0v) is 27.9. The first kappa shape index (κ1) is 34.5. The van der Waals surface area contributed by atoms with Gasteiger partial charge in [-0.3, -0.25) is 53.8 Å². The molecule has 4 heterocycles. The number of nitrogens with one attached hydrogen (secondary N) is 3. The van der Waals surface area contributed by atoms with E-state index in [0.29, 0.717) is 48.4 Å². The molecule has 6 rings (SSSR count). The summed E-state index contributed by atoms with van der Waals surface area (Å²) < 4.78 is 9.05. The van der Waals surface area contributed by atoms with E-state index in [-0.39, 0.29) is 47.8 Å². The third-order valence-corrected chi connectivity index (χ3v) is 8.61. The van der Waals surface area contributed by atoms with Crippen LogP contribution in [-0.2, 0) is 27.5 Å². The number of primary amides is 1. The van der Waals surface area contributed by atoms with Gasteiger partial charge in [-0.1, -0.05) is 6.07 Å². The van der Waals surface area contributed by atoms with Crippen molar-refractivity contribution in [3.63, 3.8) is 0 Å². The van der Waals surface area contributed by atoms with Crippen molar-refractivity contribution in [2.24, 2.45) is 5.73 Å². The Hall–Kier alpha value is -6.39. The molecule has 1 saturated heterocycles. The van der Waals surface area contributed by atoms with Gasteiger partial charge in [0.15, 0.2) is 6.61 Å². The van der Waals surface area contributed by atoms with Crippen LogP contribution in [0, 0.1) is 6.92 Å². The van der Waals surface area contributed by atoms with Crippen LogP contribution in [-0.4, -0.2) is 84.8 Å². The molecule has 1 atom stereocenters. The highest BCUT2D eigenvalue weighted by atomic mass is 16.5. The second-order valence-corrected chi connectivity index (χ2v) is 12.1. The van der Waals surface area contributed by atoms with Crippen molar-refractivity contribution in [2.45, 2.75) is 58.7 Å². The molecule has 2 aliphatic heterocycles. The molecule has 0 spiro atoms. The summed E-state index contributed by atoms with van der Waals surface area (Å²) in [4.78, 5) is 93.3. The van der Waals surface area contributed by atoms with Gasteiger partial charge in [-0.25, -0.2) is 4.98 Å². The number of nitrogens with zero attached hydrogens (tertiary/aromatic N) is 5. The summed E-state index contributed by atoms with van der Waals surface area (Å²) in [6.07, 6.45) is 1.11. The molecule has 264 valence electrons. The zero-order chi connectivity index (χ0) is 36.4. The Balaban J connectivity index is 1.05. The lowest BCUT2D eigenvalue weighted by atomic mass is 10.0. The van der Waals surface area contributed by atoms with Crippen LogP contribution < -0.4 is 26.4 Å². The Kier molecular flexibility index (Phi) is 9.61. The van der Waals surface area contributed by atoms with E-state index in [2.05, 4.69) is 26.0 Å². The van der Waals surface area contributed by atoms with Gasteiger partial charge in [0, 0.05) is 31.6 Å². The molecule has 2 aliphatic rings. The van der Waals surface area contributed by atoms with Gasteiger partial charge in [0.05, 0.1) is 27.9 Å². The number of nitrogens with two attached hydrogens (primary N) is 1. The van der Waals surface area contributed by atoms with E-state index < -0.39 is 54.0 Å². The average molecular weight is 698 g/mol. The van der Waals surface area contributed by atoms with Gasteiger partial charge in [0.1, 0.15) is 17.5 Å². The minimum absolute atomic E-state index is 0.00625. The van der Waals surface area contributed by atoms with E-state index in [1.807, 2.05) is 11.5 Å². The van der Waals surface area contributed by atoms with E-state index in [4.69, 9.17) is 10.5 Å². The summed E-state index contributed by atoms with van der Waals surface area (Å²) in [5, 5.41) is 12.1. The largest absolute Gasteiger partial charge is 0.483 e. The molecule has 51 heavy (non-hydrogen) atoms. The lowest BCUT2D eigenvalue weighted by Gasteiger charge is -2.27. The number of aryl methyl sites for hydroxylation is 3. The normalized spacial score (nSPS) is 15.6. The van der Waals surface area contributed by atoms with Crippen molar-refractivity contribution in [1.29, 1.82) is 0 Å². The molecular weight excluding hydrogens is 662 g/mol. The molecular formula is C34H35N9O8. The highest BCUT2D eigenvalue weighted by molar-refractivity contribution is 6.24. The van der Waals surface area contributed by atoms with E-state index >= 15 is 0 Å². The molecule has 4 aromatic rings. The van der Waals surface area contributed by atoms with Gasteiger partial charge in [-0.05, 0) is 69.5 Å². The summed E-state index contributed by atoms with van der Waals surface area (Å²) >= 11 is 0. The first-order valence-corrected chi connectivity index (χ1v) is 16.4. The first-order chi connectivity index (χ1) is 24.5. The average Bonchev–Trinajstić information content (AvgIpc) is 3.74. The van der Waals surface area contributed by atoms with Crippen molar-refractivity contribution in [3.05, 3.63) is 70.5 Å². The van der Waals surface area contributed by atoms with Crippen LogP contribution in [0.4, 0.5) is 5.95 Å². The standard InChI is InChI=1S/C34H35N9O8/c1-3-42-24(15-18(2)40-42)31(48)39-34-37-21-16-19(29(35)46)9-10-22(21)41(34)14-5-4-13-36-27(45)17-51-25-8-6-7-20-28(25)33(50)43(32(20)49)23-11-12-26(44)38-30(23)47/h6-10,15-16,23H,3-5,11-14,17H2,1-2H3,(H2,35,46)(H,36,45)(H,37,39,48)(H,38,44,47). The predicted molar refractivity (Wildman–Crippen MR) is 180 cm³/mol. The first-order valence-electron chi connectivity index (χ1n) is 16.4. The van der Waals surface area contributed by atoms with Crippen molar-refractivity contribution in [3.8, 4) is 5.75 Å². The highest BCUT2D eigenvalue weighted by Crippen LogP contribution is 2.33. The number of imide groups is 2. The molecule has 17 heteroatoms. The van der Waals surface area contributed by atoms with Crippen molar-refractivity contribution >= 4 is 58.3 Å². The quantitative estimate of drug-likeness (QED) is 0.116. The number of rotatable bonds is 13. The van der Waals surface area contributed by atoms with Gasteiger partial charge in [-0.2, -0.15) is 5.10 Å². The number of aromatic nitrogens is 4. The smallest absolute Gasteiger partial charge is 0.276 e. The van der Waals surface area contributed by atoms with Crippen LogP contribution >= 0.6 is 0 Å². The lowest BCUT2D eigenvalue weighted by Crippen LogP contribution is -2.54. The summed E-state index contributed by atoms with van der Waals surface area (Å²) in [6.45, 7) is 4.44. The molecule has 5 N–H and O–H groups in total. The molecule has 17 nitrogen and oxygen atoms in total. The number of anilines is 1. The Morgan fingerprint density at radius 3 is 2.61 bits per heavy atom. The Morgan fingerprint density at radius 1 is 1.06 bits per heavy atom. The van der Waals surface area contributed by atoms with E-state index in [1.54, 1.807) is 35.9 Å². The minimum atomic E-state index is -1.12. The number of benzene rings is 2. The molecule has 2 aromatic heterocycles. The van der Waals surface area contributed by atoms with Crippen LogP contribution in [0.1, 0.15) is 79.9 Å². The predicted octanol–water partition coefficient (Wildman–Crippen LogP) is 1.29. The van der Waals surface area contributed by atoms with Crippen LogP contribution in [0.25, 0.3) is 11.0 Å². The lowest BCUT2D eigenvalue weighted by molar-refractivity contribution is -0.136.